The zero-order valence-electron chi connectivity index (χ0n) is 12.0. The molecule has 1 saturated heterocycles. The maximum Gasteiger partial charge on any atom is 0.244 e. The van der Waals surface area contributed by atoms with Gasteiger partial charge in [-0.15, -0.1) is 0 Å². The number of sulfonamides is 1. The number of ether oxygens (including phenoxy) is 1. The summed E-state index contributed by atoms with van der Waals surface area (Å²) < 4.78 is 46.0. The molecule has 1 fully saturated rings. The minimum absolute atomic E-state index is 0.0475. The van der Waals surface area contributed by atoms with E-state index in [4.69, 9.17) is 16.3 Å². The first kappa shape index (κ1) is 16.3. The van der Waals surface area contributed by atoms with Crippen molar-refractivity contribution in [1.82, 2.24) is 9.29 Å². The van der Waals surface area contributed by atoms with Crippen molar-refractivity contribution in [3.05, 3.63) is 59.1 Å². The van der Waals surface area contributed by atoms with E-state index in [-0.39, 0.29) is 29.7 Å². The Bertz CT molecular complexity index is 799. The first-order chi connectivity index (χ1) is 11.0. The van der Waals surface area contributed by atoms with Crippen LogP contribution in [-0.2, 0) is 14.8 Å². The molecule has 8 heteroatoms. The number of pyridine rings is 1. The molecule has 0 aliphatic carbocycles. The number of halogens is 2. The van der Waals surface area contributed by atoms with E-state index in [1.54, 1.807) is 18.2 Å². The Morgan fingerprint density at radius 1 is 1.26 bits per heavy atom. The SMILES string of the molecule is O=S(=O)(c1ccc(Cl)nc1)N1CCOC(c2ccccc2F)C1. The van der Waals surface area contributed by atoms with Crippen molar-refractivity contribution < 1.29 is 17.5 Å². The lowest BCUT2D eigenvalue weighted by Crippen LogP contribution is -2.42. The summed E-state index contributed by atoms with van der Waals surface area (Å²) in [4.78, 5) is 3.85. The van der Waals surface area contributed by atoms with Crippen LogP contribution in [0.1, 0.15) is 11.7 Å². The highest BCUT2D eigenvalue weighted by molar-refractivity contribution is 7.89. The first-order valence-electron chi connectivity index (χ1n) is 6.96. The molecule has 0 N–H and O–H groups in total. The molecular weight excluding hydrogens is 343 g/mol. The molecule has 0 spiro atoms. The topological polar surface area (TPSA) is 59.5 Å². The van der Waals surface area contributed by atoms with E-state index in [9.17, 15) is 12.8 Å². The van der Waals surface area contributed by atoms with Crippen molar-refractivity contribution >= 4 is 21.6 Å². The van der Waals surface area contributed by atoms with Gasteiger partial charge in [0.1, 0.15) is 15.9 Å². The quantitative estimate of drug-likeness (QED) is 0.793. The molecule has 1 aromatic carbocycles. The van der Waals surface area contributed by atoms with E-state index in [2.05, 4.69) is 4.98 Å². The molecular formula is C15H14ClFN2O3S. The highest BCUT2D eigenvalue weighted by Gasteiger charge is 2.32. The Balaban J connectivity index is 1.86. The van der Waals surface area contributed by atoms with E-state index < -0.39 is 21.9 Å². The van der Waals surface area contributed by atoms with Crippen LogP contribution >= 0.6 is 11.6 Å². The van der Waals surface area contributed by atoms with Gasteiger partial charge < -0.3 is 4.74 Å². The molecule has 1 aromatic heterocycles. The van der Waals surface area contributed by atoms with E-state index >= 15 is 0 Å². The summed E-state index contributed by atoms with van der Waals surface area (Å²) >= 11 is 5.69. The van der Waals surface area contributed by atoms with Crippen LogP contribution in [0.4, 0.5) is 4.39 Å². The Morgan fingerprint density at radius 3 is 2.74 bits per heavy atom. The predicted octanol–water partition coefficient (Wildman–Crippen LogP) is 2.64. The van der Waals surface area contributed by atoms with Crippen molar-refractivity contribution in [2.24, 2.45) is 0 Å². The van der Waals surface area contributed by atoms with Gasteiger partial charge in [-0.05, 0) is 18.2 Å². The van der Waals surface area contributed by atoms with Gasteiger partial charge in [0, 0.05) is 24.8 Å². The number of morpholine rings is 1. The number of hydrogen-bond donors (Lipinski definition) is 0. The van der Waals surface area contributed by atoms with Crippen molar-refractivity contribution in [3.8, 4) is 0 Å². The normalized spacial score (nSPS) is 19.7. The first-order valence-corrected chi connectivity index (χ1v) is 8.78. The molecule has 0 saturated carbocycles. The van der Waals surface area contributed by atoms with Gasteiger partial charge in [-0.3, -0.25) is 0 Å². The molecule has 0 radical (unpaired) electrons. The minimum atomic E-state index is -3.72. The van der Waals surface area contributed by atoms with Crippen molar-refractivity contribution in [1.29, 1.82) is 0 Å². The minimum Gasteiger partial charge on any atom is -0.371 e. The molecule has 5 nitrogen and oxygen atoms in total. The van der Waals surface area contributed by atoms with Gasteiger partial charge in [0.15, 0.2) is 0 Å². The van der Waals surface area contributed by atoms with E-state index in [0.29, 0.717) is 5.56 Å². The molecule has 0 bridgehead atoms. The second-order valence-electron chi connectivity index (χ2n) is 5.06. The van der Waals surface area contributed by atoms with Crippen LogP contribution in [0.3, 0.4) is 0 Å². The largest absolute Gasteiger partial charge is 0.371 e. The fourth-order valence-electron chi connectivity index (χ4n) is 2.43. The fourth-order valence-corrected chi connectivity index (χ4v) is 3.91. The Hall–Kier alpha value is -1.54. The average Bonchev–Trinajstić information content (AvgIpc) is 2.56. The summed E-state index contributed by atoms with van der Waals surface area (Å²) in [5.41, 5.74) is 0.349. The zero-order chi connectivity index (χ0) is 16.4. The van der Waals surface area contributed by atoms with Crippen LogP contribution in [0.2, 0.25) is 5.15 Å². The zero-order valence-corrected chi connectivity index (χ0v) is 13.6. The van der Waals surface area contributed by atoms with Crippen molar-refractivity contribution in [3.63, 3.8) is 0 Å². The maximum atomic E-state index is 13.9. The lowest BCUT2D eigenvalue weighted by molar-refractivity contribution is -0.00443. The molecule has 0 amide bonds. The summed E-state index contributed by atoms with van der Waals surface area (Å²) in [5.74, 6) is -0.412. The Labute approximate surface area is 138 Å². The van der Waals surface area contributed by atoms with Crippen LogP contribution in [0.15, 0.2) is 47.5 Å². The molecule has 122 valence electrons. The average molecular weight is 357 g/mol. The fraction of sp³-hybridized carbons (Fsp3) is 0.267. The predicted molar refractivity (Wildman–Crippen MR) is 83.1 cm³/mol. The number of hydrogen-bond acceptors (Lipinski definition) is 4. The van der Waals surface area contributed by atoms with Crippen molar-refractivity contribution in [2.75, 3.05) is 19.7 Å². The van der Waals surface area contributed by atoms with Gasteiger partial charge in [-0.25, -0.2) is 17.8 Å². The molecule has 3 rings (SSSR count). The third kappa shape index (κ3) is 3.37. The number of nitrogens with zero attached hydrogens (tertiary/aromatic N) is 2. The molecule has 1 unspecified atom stereocenters. The van der Waals surface area contributed by atoms with Gasteiger partial charge in [-0.2, -0.15) is 4.31 Å². The second kappa shape index (κ2) is 6.52. The highest BCUT2D eigenvalue weighted by atomic mass is 35.5. The van der Waals surface area contributed by atoms with Gasteiger partial charge in [0.25, 0.3) is 0 Å². The van der Waals surface area contributed by atoms with E-state index in [0.717, 1.165) is 0 Å². The molecule has 1 atom stereocenters. The monoisotopic (exact) mass is 356 g/mol. The Kier molecular flexibility index (Phi) is 4.63. The summed E-state index contributed by atoms with van der Waals surface area (Å²) in [6.45, 7) is 0.445. The maximum absolute atomic E-state index is 13.9. The number of benzene rings is 1. The lowest BCUT2D eigenvalue weighted by atomic mass is 10.1. The summed E-state index contributed by atoms with van der Waals surface area (Å²) in [7, 11) is -3.72. The van der Waals surface area contributed by atoms with Gasteiger partial charge in [0.05, 0.1) is 12.7 Å². The van der Waals surface area contributed by atoms with E-state index in [1.807, 2.05) is 0 Å². The standard InChI is InChI=1S/C15H14ClFN2O3S/c16-15-6-5-11(9-18-15)23(20,21)19-7-8-22-14(10-19)12-3-1-2-4-13(12)17/h1-6,9,14H,7-8,10H2. The van der Waals surface area contributed by atoms with Crippen LogP contribution in [0.5, 0.6) is 0 Å². The van der Waals surface area contributed by atoms with Gasteiger partial charge >= 0.3 is 0 Å². The summed E-state index contributed by atoms with van der Waals surface area (Å²) in [5, 5.41) is 0.218. The lowest BCUT2D eigenvalue weighted by Gasteiger charge is -2.32. The van der Waals surface area contributed by atoms with Crippen molar-refractivity contribution in [2.45, 2.75) is 11.0 Å². The third-order valence-electron chi connectivity index (χ3n) is 3.62. The Morgan fingerprint density at radius 2 is 2.04 bits per heavy atom. The third-order valence-corrected chi connectivity index (χ3v) is 5.69. The summed E-state index contributed by atoms with van der Waals surface area (Å²) in [6.07, 6.45) is 0.575. The molecule has 1 aliphatic rings. The van der Waals surface area contributed by atoms with Crippen LogP contribution < -0.4 is 0 Å². The number of rotatable bonds is 3. The summed E-state index contributed by atoms with van der Waals surface area (Å²) in [6, 6.07) is 9.02. The second-order valence-corrected chi connectivity index (χ2v) is 7.39. The molecule has 2 aromatic rings. The molecule has 23 heavy (non-hydrogen) atoms. The smallest absolute Gasteiger partial charge is 0.244 e. The van der Waals surface area contributed by atoms with Crippen LogP contribution in [0, 0.1) is 5.82 Å². The van der Waals surface area contributed by atoms with Crippen LogP contribution in [-0.4, -0.2) is 37.4 Å². The van der Waals surface area contributed by atoms with E-state index in [1.165, 1.54) is 28.7 Å². The molecule has 2 heterocycles. The highest BCUT2D eigenvalue weighted by Crippen LogP contribution is 2.28. The van der Waals surface area contributed by atoms with Gasteiger partial charge in [0.2, 0.25) is 10.0 Å². The van der Waals surface area contributed by atoms with Gasteiger partial charge in [-0.1, -0.05) is 29.8 Å². The van der Waals surface area contributed by atoms with Crippen LogP contribution in [0.25, 0.3) is 0 Å². The molecule has 1 aliphatic heterocycles. The number of aromatic nitrogens is 1.